The smallest absolute Gasteiger partial charge is 0.148 e. The molecule has 0 fully saturated rings. The molecule has 0 aliphatic heterocycles. The van der Waals surface area contributed by atoms with Crippen molar-refractivity contribution in [3.63, 3.8) is 0 Å². The van der Waals surface area contributed by atoms with E-state index in [-0.39, 0.29) is 0 Å². The molecule has 4 rings (SSSR count). The van der Waals surface area contributed by atoms with E-state index >= 15 is 0 Å². The van der Waals surface area contributed by atoms with Crippen molar-refractivity contribution in [3.05, 3.63) is 89.7 Å². The molecule has 0 atom stereocenters. The maximum atomic E-state index is 5.92. The number of hydrogen-bond acceptors (Lipinski definition) is 3. The van der Waals surface area contributed by atoms with E-state index in [1.54, 1.807) is 0 Å². The normalized spacial score (nSPS) is 10.9. The zero-order valence-electron chi connectivity index (χ0n) is 14.7. The molecule has 0 bridgehead atoms. The fourth-order valence-electron chi connectivity index (χ4n) is 2.94. The van der Waals surface area contributed by atoms with Gasteiger partial charge in [0.15, 0.2) is 0 Å². The summed E-state index contributed by atoms with van der Waals surface area (Å²) in [5.41, 5.74) is 2.03. The molecule has 4 nitrogen and oxygen atoms in total. The molecule has 0 aliphatic rings. The number of aromatic nitrogens is 2. The number of hydrogen-bond donors (Lipinski definition) is 0. The van der Waals surface area contributed by atoms with Crippen molar-refractivity contribution in [2.24, 2.45) is 0 Å². The van der Waals surface area contributed by atoms with Crippen molar-refractivity contribution >= 4 is 22.6 Å². The van der Waals surface area contributed by atoms with Gasteiger partial charge < -0.3 is 14.0 Å². The maximum absolute atomic E-state index is 5.92. The predicted octanol–water partition coefficient (Wildman–Crippen LogP) is 5.35. The van der Waals surface area contributed by atoms with E-state index in [2.05, 4.69) is 10.6 Å². The SMILES string of the molecule is Clc1ccc(OCCn2c(COc3ccccc3)nc3ccccc32)cc1. The van der Waals surface area contributed by atoms with Gasteiger partial charge in [0, 0.05) is 5.02 Å². The van der Waals surface area contributed by atoms with Crippen molar-refractivity contribution in [1.29, 1.82) is 0 Å². The Morgan fingerprint density at radius 1 is 0.778 bits per heavy atom. The summed E-state index contributed by atoms with van der Waals surface area (Å²) in [4.78, 5) is 4.73. The van der Waals surface area contributed by atoms with Crippen LogP contribution in [-0.2, 0) is 13.2 Å². The van der Waals surface area contributed by atoms with Gasteiger partial charge in [-0.15, -0.1) is 0 Å². The molecule has 27 heavy (non-hydrogen) atoms. The first-order valence-corrected chi connectivity index (χ1v) is 9.18. The molecular formula is C22H19ClN2O2. The summed E-state index contributed by atoms with van der Waals surface area (Å²) in [6, 6.07) is 25.2. The van der Waals surface area contributed by atoms with E-state index in [0.29, 0.717) is 24.8 Å². The molecule has 0 amide bonds. The average Bonchev–Trinajstić information content (AvgIpc) is 3.06. The lowest BCUT2D eigenvalue weighted by Gasteiger charge is -2.12. The van der Waals surface area contributed by atoms with E-state index in [0.717, 1.165) is 28.4 Å². The molecule has 3 aromatic carbocycles. The fraction of sp³-hybridized carbons (Fsp3) is 0.136. The molecular weight excluding hydrogens is 360 g/mol. The Hall–Kier alpha value is -2.98. The summed E-state index contributed by atoms with van der Waals surface area (Å²) in [6.07, 6.45) is 0. The van der Waals surface area contributed by atoms with Gasteiger partial charge in [0.25, 0.3) is 0 Å². The third-order valence-corrected chi connectivity index (χ3v) is 4.49. The zero-order chi connectivity index (χ0) is 18.5. The molecule has 0 N–H and O–H groups in total. The Labute approximate surface area is 162 Å². The molecule has 0 saturated carbocycles. The van der Waals surface area contributed by atoms with Crippen LogP contribution in [0.1, 0.15) is 5.82 Å². The van der Waals surface area contributed by atoms with Gasteiger partial charge in [-0.1, -0.05) is 41.9 Å². The quantitative estimate of drug-likeness (QED) is 0.435. The zero-order valence-corrected chi connectivity index (χ0v) is 15.5. The minimum Gasteiger partial charge on any atom is -0.492 e. The molecule has 5 heteroatoms. The Kier molecular flexibility index (Phi) is 5.26. The molecule has 1 heterocycles. The third kappa shape index (κ3) is 4.23. The number of nitrogens with zero attached hydrogens (tertiary/aromatic N) is 2. The number of rotatable bonds is 7. The van der Waals surface area contributed by atoms with Crippen LogP contribution in [0.5, 0.6) is 11.5 Å². The first-order valence-electron chi connectivity index (χ1n) is 8.80. The van der Waals surface area contributed by atoms with Gasteiger partial charge in [0.05, 0.1) is 17.6 Å². The average molecular weight is 379 g/mol. The van der Waals surface area contributed by atoms with Crippen LogP contribution in [0.4, 0.5) is 0 Å². The second kappa shape index (κ2) is 8.14. The second-order valence-corrected chi connectivity index (χ2v) is 6.51. The Bertz CT molecular complexity index is 1010. The Morgan fingerprint density at radius 3 is 2.30 bits per heavy atom. The number of halogens is 1. The summed E-state index contributed by atoms with van der Waals surface area (Å²) in [5.74, 6) is 2.50. The number of benzene rings is 3. The van der Waals surface area contributed by atoms with E-state index in [4.69, 9.17) is 26.1 Å². The number of imidazole rings is 1. The summed E-state index contributed by atoms with van der Waals surface area (Å²) in [7, 11) is 0. The van der Waals surface area contributed by atoms with Gasteiger partial charge in [-0.25, -0.2) is 4.98 Å². The van der Waals surface area contributed by atoms with E-state index < -0.39 is 0 Å². The van der Waals surface area contributed by atoms with Crippen LogP contribution in [0.3, 0.4) is 0 Å². The van der Waals surface area contributed by atoms with Gasteiger partial charge in [0.2, 0.25) is 0 Å². The van der Waals surface area contributed by atoms with Gasteiger partial charge in [-0.3, -0.25) is 0 Å². The molecule has 136 valence electrons. The molecule has 0 spiro atoms. The molecule has 0 unspecified atom stereocenters. The topological polar surface area (TPSA) is 36.3 Å². The van der Waals surface area contributed by atoms with Crippen LogP contribution in [0.25, 0.3) is 11.0 Å². The predicted molar refractivity (Wildman–Crippen MR) is 107 cm³/mol. The summed E-state index contributed by atoms with van der Waals surface area (Å²) in [5, 5.41) is 0.698. The van der Waals surface area contributed by atoms with Gasteiger partial charge in [-0.2, -0.15) is 0 Å². The highest BCUT2D eigenvalue weighted by molar-refractivity contribution is 6.30. The lowest BCUT2D eigenvalue weighted by molar-refractivity contribution is 0.272. The second-order valence-electron chi connectivity index (χ2n) is 6.07. The monoisotopic (exact) mass is 378 g/mol. The summed E-state index contributed by atoms with van der Waals surface area (Å²) in [6.45, 7) is 1.61. The first kappa shape index (κ1) is 17.4. The van der Waals surface area contributed by atoms with Crippen molar-refractivity contribution < 1.29 is 9.47 Å². The number of para-hydroxylation sites is 3. The number of fused-ring (bicyclic) bond motifs is 1. The number of ether oxygens (including phenoxy) is 2. The summed E-state index contributed by atoms with van der Waals surface area (Å²) >= 11 is 5.92. The minimum absolute atomic E-state index is 0.402. The minimum atomic E-state index is 0.402. The summed E-state index contributed by atoms with van der Waals surface area (Å²) < 4.78 is 13.9. The van der Waals surface area contributed by atoms with Crippen molar-refractivity contribution in [1.82, 2.24) is 9.55 Å². The van der Waals surface area contributed by atoms with Crippen LogP contribution < -0.4 is 9.47 Å². The first-order chi connectivity index (χ1) is 13.3. The van der Waals surface area contributed by atoms with E-state index in [9.17, 15) is 0 Å². The highest BCUT2D eigenvalue weighted by atomic mass is 35.5. The van der Waals surface area contributed by atoms with Crippen LogP contribution in [-0.4, -0.2) is 16.2 Å². The van der Waals surface area contributed by atoms with Crippen LogP contribution in [0.2, 0.25) is 5.02 Å². The standard InChI is InChI=1S/C22H19ClN2O2/c23-17-10-12-19(13-11-17)26-15-14-25-21-9-5-4-8-20(21)24-22(25)16-27-18-6-2-1-3-7-18/h1-13H,14-16H2. The lowest BCUT2D eigenvalue weighted by atomic mass is 10.3. The molecule has 0 aliphatic carbocycles. The van der Waals surface area contributed by atoms with Gasteiger partial charge in [-0.05, 0) is 48.5 Å². The fourth-order valence-corrected chi connectivity index (χ4v) is 3.06. The largest absolute Gasteiger partial charge is 0.492 e. The molecule has 4 aromatic rings. The maximum Gasteiger partial charge on any atom is 0.148 e. The van der Waals surface area contributed by atoms with Crippen molar-refractivity contribution in [3.8, 4) is 11.5 Å². The third-order valence-electron chi connectivity index (χ3n) is 4.24. The van der Waals surface area contributed by atoms with E-state index in [1.165, 1.54) is 0 Å². The Morgan fingerprint density at radius 2 is 1.48 bits per heavy atom. The highest BCUT2D eigenvalue weighted by Gasteiger charge is 2.11. The van der Waals surface area contributed by atoms with Crippen molar-refractivity contribution in [2.45, 2.75) is 13.2 Å². The Balaban J connectivity index is 1.50. The lowest BCUT2D eigenvalue weighted by Crippen LogP contribution is -2.13. The molecule has 0 radical (unpaired) electrons. The van der Waals surface area contributed by atoms with E-state index in [1.807, 2.05) is 72.8 Å². The van der Waals surface area contributed by atoms with Crippen LogP contribution in [0.15, 0.2) is 78.9 Å². The van der Waals surface area contributed by atoms with Crippen LogP contribution >= 0.6 is 11.6 Å². The molecule has 0 saturated heterocycles. The van der Waals surface area contributed by atoms with Crippen molar-refractivity contribution in [2.75, 3.05) is 6.61 Å². The van der Waals surface area contributed by atoms with Crippen LogP contribution in [0, 0.1) is 0 Å². The van der Waals surface area contributed by atoms with Gasteiger partial charge >= 0.3 is 0 Å². The van der Waals surface area contributed by atoms with Gasteiger partial charge in [0.1, 0.15) is 30.5 Å². The molecule has 1 aromatic heterocycles. The highest BCUT2D eigenvalue weighted by Crippen LogP contribution is 2.19.